The van der Waals surface area contributed by atoms with Crippen molar-refractivity contribution in [2.45, 2.75) is 0 Å². The van der Waals surface area contributed by atoms with Crippen molar-refractivity contribution in [3.63, 3.8) is 0 Å². The van der Waals surface area contributed by atoms with Gasteiger partial charge in [0.2, 0.25) is 0 Å². The first-order chi connectivity index (χ1) is 5.66. The molecule has 0 spiro atoms. The molecule has 0 unspecified atom stereocenters. The van der Waals surface area contributed by atoms with Gasteiger partial charge in [-0.25, -0.2) is 0 Å². The zero-order valence-electron chi connectivity index (χ0n) is 8.59. The molecule has 0 fully saturated rings. The monoisotopic (exact) mass is 398 g/mol. The van der Waals surface area contributed by atoms with Gasteiger partial charge in [0.1, 0.15) is 0 Å². The molecule has 80 valence electrons. The molecule has 0 aliphatic rings. The molecular weight excluding hydrogens is 399 g/mol. The number of hydrogen-bond donors (Lipinski definition) is 0. The van der Waals surface area contributed by atoms with E-state index in [-0.39, 0.29) is 69.4 Å². The van der Waals surface area contributed by atoms with Crippen molar-refractivity contribution >= 4 is 29.4 Å². The first kappa shape index (κ1) is 66.1. The van der Waals surface area contributed by atoms with Crippen LogP contribution in [0.25, 0.3) is 0 Å². The molecule has 0 aliphatic carbocycles. The van der Waals surface area contributed by atoms with Crippen LogP contribution in [-0.4, -0.2) is 40.4 Å². The van der Waals surface area contributed by atoms with Crippen LogP contribution in [0.15, 0.2) is 0 Å². The van der Waals surface area contributed by atoms with Crippen LogP contribution >= 0.6 is 0 Å². The van der Waals surface area contributed by atoms with Crippen LogP contribution in [0.2, 0.25) is 0 Å². The Morgan fingerprint density at radius 3 is 0.471 bits per heavy atom. The Kier molecular flexibility index (Phi) is 771. The van der Waals surface area contributed by atoms with Gasteiger partial charge in [-0.3, -0.25) is 0 Å². The largest absolute Gasteiger partial charge is 2.00 e. The Morgan fingerprint density at radius 1 is 0.471 bits per heavy atom. The fraction of sp³-hybridized carbons (Fsp3) is 0. The first-order valence-corrected chi connectivity index (χ1v) is 1.89. The van der Waals surface area contributed by atoms with E-state index < -0.39 is 29.4 Å². The second kappa shape index (κ2) is 198. The zero-order chi connectivity index (χ0) is 10.8. The van der Waals surface area contributed by atoms with Gasteiger partial charge >= 0.3 is 127 Å². The molecule has 0 bridgehead atoms. The Bertz CT molecular complexity index is 77.6. The van der Waals surface area contributed by atoms with Crippen LogP contribution in [0.1, 0.15) is 0 Å². The first-order valence-electron chi connectivity index (χ1n) is 1.89. The van der Waals surface area contributed by atoms with E-state index in [0.717, 1.165) is 0 Å². The molecule has 0 amide bonds. The maximum absolute atomic E-state index is 8.25. The van der Waals surface area contributed by atoms with Crippen LogP contribution in [0, 0.1) is 0 Å². The zero-order valence-corrected chi connectivity index (χ0v) is 17.5. The Balaban J connectivity index is -0.00000000653. The summed E-state index contributed by atoms with van der Waals surface area (Å²) < 4.78 is 33.0. The van der Waals surface area contributed by atoms with Gasteiger partial charge in [0.25, 0.3) is 0 Å². The standard InChI is InChI=1S/4BO2.2H2O.3Zn/c4*2-1-3;;;;;/h;;;;2*1H2;;;/q4*-1;;;3*+2/p-2. The number of rotatable bonds is 0. The third-order valence-electron chi connectivity index (χ3n) is 0. The summed E-state index contributed by atoms with van der Waals surface area (Å²) in [6.07, 6.45) is 0. The van der Waals surface area contributed by atoms with Crippen molar-refractivity contribution in [2.75, 3.05) is 0 Å². The molecule has 0 radical (unpaired) electrons. The van der Waals surface area contributed by atoms with Crippen molar-refractivity contribution in [1.29, 1.82) is 0 Å². The normalized spacial score (nSPS) is 1.88. The molecule has 0 aromatic carbocycles. The fourth-order valence-corrected chi connectivity index (χ4v) is 0. The number of hydrogen-bond acceptors (Lipinski definition) is 10. The fourth-order valence-electron chi connectivity index (χ4n) is 0. The van der Waals surface area contributed by atoms with Gasteiger partial charge in [0.05, 0.1) is 0 Å². The summed E-state index contributed by atoms with van der Waals surface area (Å²) in [5.41, 5.74) is 0. The van der Waals surface area contributed by atoms with Crippen LogP contribution in [0.4, 0.5) is 0 Å². The summed E-state index contributed by atoms with van der Waals surface area (Å²) in [7, 11) is -2.00. The predicted molar refractivity (Wildman–Crippen MR) is 29.6 cm³/mol. The molecule has 0 aromatic heterocycles. The maximum atomic E-state index is 8.25. The van der Waals surface area contributed by atoms with Crippen LogP contribution in [0.3, 0.4) is 0 Å². The third-order valence-corrected chi connectivity index (χ3v) is 0. The molecule has 0 saturated carbocycles. The van der Waals surface area contributed by atoms with Crippen molar-refractivity contribution < 1.29 is 108 Å². The quantitative estimate of drug-likeness (QED) is 0.349. The molecule has 0 aliphatic heterocycles. The minimum Gasteiger partial charge on any atom is -0.870 e. The Hall–Kier alpha value is 0.450. The third kappa shape index (κ3) is 17000. The molecule has 0 heterocycles. The van der Waals surface area contributed by atoms with Crippen LogP contribution < -0.4 is 20.1 Å². The van der Waals surface area contributed by atoms with Gasteiger partial charge in [-0.15, -0.1) is 0 Å². The average molecular weight is 401 g/mol. The van der Waals surface area contributed by atoms with E-state index in [4.69, 9.17) is 38.9 Å². The Morgan fingerprint density at radius 2 is 0.471 bits per heavy atom. The van der Waals surface area contributed by atoms with E-state index in [2.05, 4.69) is 0 Å². The second-order valence-corrected chi connectivity index (χ2v) is 0.385. The predicted octanol–water partition coefficient (Wildman–Crippen LogP) is -7.12. The minimum absolute atomic E-state index is 0. The van der Waals surface area contributed by atoms with E-state index in [1.807, 2.05) is 0 Å². The SMILES string of the molecule is O=B[O-].O=B[O-].O=B[O-].O=B[O-].[OH-].[OH-].[Zn+2].[Zn+2].[Zn+2]. The van der Waals surface area contributed by atoms with E-state index in [0.29, 0.717) is 0 Å². The molecule has 0 saturated heterocycles. The van der Waals surface area contributed by atoms with Gasteiger partial charge in [-0.2, -0.15) is 0 Å². The maximum Gasteiger partial charge on any atom is 2.00 e. The van der Waals surface area contributed by atoms with Crippen molar-refractivity contribution in [1.82, 2.24) is 0 Å². The van der Waals surface area contributed by atoms with Gasteiger partial charge < -0.3 is 11.0 Å². The Labute approximate surface area is 137 Å². The molecule has 0 aromatic rings. The molecule has 17 heavy (non-hydrogen) atoms. The van der Waals surface area contributed by atoms with Gasteiger partial charge in [-0.05, 0) is 0 Å². The average Bonchev–Trinajstić information content (AvgIpc) is 1.92. The summed E-state index contributed by atoms with van der Waals surface area (Å²) >= 11 is 0. The van der Waals surface area contributed by atoms with E-state index in [1.54, 1.807) is 0 Å². The van der Waals surface area contributed by atoms with Gasteiger partial charge in [0.15, 0.2) is 0 Å². The van der Waals surface area contributed by atoms with Crippen LogP contribution in [0.5, 0.6) is 0 Å². The summed E-state index contributed by atoms with van der Waals surface area (Å²) in [6, 6.07) is 0. The molecule has 10 nitrogen and oxygen atoms in total. The minimum atomic E-state index is -0.500. The second-order valence-electron chi connectivity index (χ2n) is 0.385. The van der Waals surface area contributed by atoms with Crippen molar-refractivity contribution in [2.24, 2.45) is 0 Å². The molecule has 0 atom stereocenters. The van der Waals surface area contributed by atoms with Crippen molar-refractivity contribution in [3.05, 3.63) is 0 Å². The summed E-state index contributed by atoms with van der Waals surface area (Å²) in [4.78, 5) is 0. The van der Waals surface area contributed by atoms with Crippen molar-refractivity contribution in [3.8, 4) is 0 Å². The van der Waals surface area contributed by atoms with E-state index in [9.17, 15) is 0 Å². The summed E-state index contributed by atoms with van der Waals surface area (Å²) in [6.45, 7) is 0. The van der Waals surface area contributed by atoms with E-state index >= 15 is 0 Å². The summed E-state index contributed by atoms with van der Waals surface area (Å²) in [5.74, 6) is 0. The summed E-state index contributed by atoms with van der Waals surface area (Å²) in [5, 5.41) is 33.0. The smallest absolute Gasteiger partial charge is 0.870 e. The van der Waals surface area contributed by atoms with Crippen LogP contribution in [-0.2, 0) is 77.3 Å². The molecule has 0 rings (SSSR count). The van der Waals surface area contributed by atoms with Gasteiger partial charge in [0, 0.05) is 0 Å². The van der Waals surface area contributed by atoms with E-state index in [1.165, 1.54) is 0 Å². The topological polar surface area (TPSA) is 221 Å². The molecular formula is H2B4O10Zn3. The molecule has 17 heteroatoms. The van der Waals surface area contributed by atoms with Gasteiger partial charge in [-0.1, -0.05) is 0 Å². The molecule has 2 N–H and O–H groups in total.